The van der Waals surface area contributed by atoms with Gasteiger partial charge in [0.15, 0.2) is 0 Å². The van der Waals surface area contributed by atoms with Crippen LogP contribution in [0.4, 0.5) is 5.69 Å². The van der Waals surface area contributed by atoms with Gasteiger partial charge in [0.05, 0.1) is 12.3 Å². The molecule has 2 atom stereocenters. The summed E-state index contributed by atoms with van der Waals surface area (Å²) in [6.45, 7) is 4.49. The summed E-state index contributed by atoms with van der Waals surface area (Å²) in [5.74, 6) is -0.242. The first-order valence-electron chi connectivity index (χ1n) is 7.95. The van der Waals surface area contributed by atoms with E-state index in [4.69, 9.17) is 4.74 Å². The van der Waals surface area contributed by atoms with Crippen molar-refractivity contribution in [3.63, 3.8) is 0 Å². The lowest BCUT2D eigenvalue weighted by atomic mass is 9.86. The van der Waals surface area contributed by atoms with Crippen molar-refractivity contribution in [1.82, 2.24) is 5.32 Å². The summed E-state index contributed by atoms with van der Waals surface area (Å²) in [4.78, 5) is 24.1. The molecule has 2 N–H and O–H groups in total. The molecule has 0 bridgehead atoms. The van der Waals surface area contributed by atoms with Gasteiger partial charge in [-0.1, -0.05) is 31.9 Å². The van der Waals surface area contributed by atoms with E-state index >= 15 is 0 Å². The van der Waals surface area contributed by atoms with Crippen molar-refractivity contribution < 1.29 is 14.3 Å². The van der Waals surface area contributed by atoms with Gasteiger partial charge in [-0.3, -0.25) is 9.59 Å². The SMILES string of the molecule is CCOc1ccccc1NC(=O)C(=O)N[C@H]1CCCC[C@@H]1C. The number of amides is 2. The van der Waals surface area contributed by atoms with Gasteiger partial charge in [-0.05, 0) is 37.8 Å². The van der Waals surface area contributed by atoms with E-state index in [9.17, 15) is 9.59 Å². The van der Waals surface area contributed by atoms with E-state index in [1.807, 2.05) is 13.0 Å². The maximum Gasteiger partial charge on any atom is 0.313 e. The molecule has 0 heterocycles. The van der Waals surface area contributed by atoms with Gasteiger partial charge in [0, 0.05) is 6.04 Å². The van der Waals surface area contributed by atoms with Gasteiger partial charge in [0.25, 0.3) is 0 Å². The van der Waals surface area contributed by atoms with Gasteiger partial charge in [-0.15, -0.1) is 0 Å². The van der Waals surface area contributed by atoms with E-state index in [-0.39, 0.29) is 6.04 Å². The highest BCUT2D eigenvalue weighted by Crippen LogP contribution is 2.25. The first-order valence-corrected chi connectivity index (χ1v) is 7.95. The highest BCUT2D eigenvalue weighted by molar-refractivity contribution is 6.39. The molecule has 1 aliphatic rings. The second kappa shape index (κ2) is 7.82. The summed E-state index contributed by atoms with van der Waals surface area (Å²) in [5.41, 5.74) is 0.515. The molecule has 5 heteroatoms. The maximum absolute atomic E-state index is 12.1. The molecule has 22 heavy (non-hydrogen) atoms. The van der Waals surface area contributed by atoms with E-state index in [2.05, 4.69) is 17.6 Å². The van der Waals surface area contributed by atoms with Crippen molar-refractivity contribution in [2.75, 3.05) is 11.9 Å². The lowest BCUT2D eigenvalue weighted by molar-refractivity contribution is -0.137. The Kier molecular flexibility index (Phi) is 5.81. The molecule has 1 aliphatic carbocycles. The first kappa shape index (κ1) is 16.3. The normalized spacial score (nSPS) is 21.0. The molecule has 0 saturated heterocycles. The Morgan fingerprint density at radius 2 is 1.91 bits per heavy atom. The zero-order valence-electron chi connectivity index (χ0n) is 13.2. The second-order valence-corrected chi connectivity index (χ2v) is 5.72. The van der Waals surface area contributed by atoms with Crippen molar-refractivity contribution >= 4 is 17.5 Å². The Bertz CT molecular complexity index is 530. The van der Waals surface area contributed by atoms with Crippen molar-refractivity contribution in [3.05, 3.63) is 24.3 Å². The standard InChI is InChI=1S/C17H24N2O3/c1-3-22-15-11-7-6-10-14(15)19-17(21)16(20)18-13-9-5-4-8-12(13)2/h6-7,10-13H,3-5,8-9H2,1-2H3,(H,18,20)(H,19,21)/t12-,13-/m0/s1. The quantitative estimate of drug-likeness (QED) is 0.840. The van der Waals surface area contributed by atoms with Gasteiger partial charge >= 0.3 is 11.8 Å². The predicted octanol–water partition coefficient (Wildman–Crippen LogP) is 2.72. The van der Waals surface area contributed by atoms with E-state index in [0.29, 0.717) is 24.0 Å². The molecule has 1 fully saturated rings. The lowest BCUT2D eigenvalue weighted by Crippen LogP contribution is -2.45. The number of benzene rings is 1. The Morgan fingerprint density at radius 3 is 2.64 bits per heavy atom. The lowest BCUT2D eigenvalue weighted by Gasteiger charge is -2.29. The molecule has 120 valence electrons. The van der Waals surface area contributed by atoms with Crippen molar-refractivity contribution in [2.24, 2.45) is 5.92 Å². The summed E-state index contributed by atoms with van der Waals surface area (Å²) < 4.78 is 5.44. The summed E-state index contributed by atoms with van der Waals surface area (Å²) in [6, 6.07) is 7.19. The minimum atomic E-state index is -0.648. The number of anilines is 1. The molecular weight excluding hydrogens is 280 g/mol. The van der Waals surface area contributed by atoms with Crippen LogP contribution in [-0.4, -0.2) is 24.5 Å². The van der Waals surface area contributed by atoms with Gasteiger partial charge in [0.2, 0.25) is 0 Å². The third-order valence-corrected chi connectivity index (χ3v) is 4.07. The average Bonchev–Trinajstić information content (AvgIpc) is 2.51. The first-order chi connectivity index (χ1) is 10.6. The molecule has 0 radical (unpaired) electrons. The van der Waals surface area contributed by atoms with Crippen LogP contribution in [0.3, 0.4) is 0 Å². The topological polar surface area (TPSA) is 67.4 Å². The van der Waals surface area contributed by atoms with E-state index in [0.717, 1.165) is 19.3 Å². The minimum absolute atomic E-state index is 0.0918. The number of hydrogen-bond acceptors (Lipinski definition) is 3. The molecule has 0 unspecified atom stereocenters. The molecule has 1 aromatic carbocycles. The molecule has 2 rings (SSSR count). The Morgan fingerprint density at radius 1 is 1.18 bits per heavy atom. The third kappa shape index (κ3) is 4.23. The molecule has 1 aromatic rings. The molecule has 2 amide bonds. The Labute approximate surface area is 131 Å². The van der Waals surface area contributed by atoms with Crippen LogP contribution in [0.1, 0.15) is 39.5 Å². The summed E-state index contributed by atoms with van der Waals surface area (Å²) in [7, 11) is 0. The van der Waals surface area contributed by atoms with Crippen LogP contribution in [0.2, 0.25) is 0 Å². The summed E-state index contributed by atoms with van der Waals surface area (Å²) >= 11 is 0. The molecule has 5 nitrogen and oxygen atoms in total. The van der Waals surface area contributed by atoms with Crippen molar-refractivity contribution in [2.45, 2.75) is 45.6 Å². The van der Waals surface area contributed by atoms with Crippen LogP contribution in [0.25, 0.3) is 0 Å². The van der Waals surface area contributed by atoms with E-state index < -0.39 is 11.8 Å². The summed E-state index contributed by atoms with van der Waals surface area (Å²) in [5, 5.41) is 5.47. The zero-order valence-corrected chi connectivity index (χ0v) is 13.2. The molecular formula is C17H24N2O3. The fourth-order valence-corrected chi connectivity index (χ4v) is 2.79. The number of para-hydroxylation sites is 2. The second-order valence-electron chi connectivity index (χ2n) is 5.72. The fraction of sp³-hybridized carbons (Fsp3) is 0.529. The van der Waals surface area contributed by atoms with E-state index in [1.165, 1.54) is 6.42 Å². The van der Waals surface area contributed by atoms with Gasteiger partial charge < -0.3 is 15.4 Å². The fourth-order valence-electron chi connectivity index (χ4n) is 2.79. The number of rotatable bonds is 4. The highest BCUT2D eigenvalue weighted by atomic mass is 16.5. The Balaban J connectivity index is 1.95. The van der Waals surface area contributed by atoms with Crippen LogP contribution in [-0.2, 0) is 9.59 Å². The number of nitrogens with one attached hydrogen (secondary N) is 2. The highest BCUT2D eigenvalue weighted by Gasteiger charge is 2.25. The largest absolute Gasteiger partial charge is 0.492 e. The number of hydrogen-bond donors (Lipinski definition) is 2. The Hall–Kier alpha value is -2.04. The summed E-state index contributed by atoms with van der Waals surface area (Å²) in [6.07, 6.45) is 4.33. The predicted molar refractivity (Wildman–Crippen MR) is 85.8 cm³/mol. The van der Waals surface area contributed by atoms with Crippen LogP contribution in [0.15, 0.2) is 24.3 Å². The van der Waals surface area contributed by atoms with Gasteiger partial charge in [0.1, 0.15) is 5.75 Å². The van der Waals surface area contributed by atoms with Gasteiger partial charge in [-0.25, -0.2) is 0 Å². The number of carbonyl (C=O) groups excluding carboxylic acids is 2. The van der Waals surface area contributed by atoms with Crippen LogP contribution in [0, 0.1) is 5.92 Å². The smallest absolute Gasteiger partial charge is 0.313 e. The third-order valence-electron chi connectivity index (χ3n) is 4.07. The average molecular weight is 304 g/mol. The van der Waals surface area contributed by atoms with Crippen LogP contribution < -0.4 is 15.4 Å². The number of ether oxygens (including phenoxy) is 1. The number of carbonyl (C=O) groups is 2. The molecule has 1 saturated carbocycles. The van der Waals surface area contributed by atoms with Crippen molar-refractivity contribution in [1.29, 1.82) is 0 Å². The molecule has 0 aliphatic heterocycles. The van der Waals surface area contributed by atoms with Crippen molar-refractivity contribution in [3.8, 4) is 5.75 Å². The molecule has 0 aromatic heterocycles. The van der Waals surface area contributed by atoms with Crippen LogP contribution in [0.5, 0.6) is 5.75 Å². The van der Waals surface area contributed by atoms with Crippen LogP contribution >= 0.6 is 0 Å². The molecule has 0 spiro atoms. The van der Waals surface area contributed by atoms with Gasteiger partial charge in [-0.2, -0.15) is 0 Å². The minimum Gasteiger partial charge on any atom is -0.492 e. The zero-order chi connectivity index (χ0) is 15.9. The van der Waals surface area contributed by atoms with E-state index in [1.54, 1.807) is 18.2 Å². The maximum atomic E-state index is 12.1. The monoisotopic (exact) mass is 304 g/mol.